The van der Waals surface area contributed by atoms with Crippen LogP contribution in [0.2, 0.25) is 0 Å². The molecule has 1 amide bonds. The molecule has 0 saturated carbocycles. The molecule has 2 rings (SSSR count). The number of ether oxygens (including phenoxy) is 2. The Morgan fingerprint density at radius 3 is 2.52 bits per heavy atom. The Bertz CT molecular complexity index is 654. The van der Waals surface area contributed by atoms with Gasteiger partial charge in [-0.05, 0) is 49.2 Å². The molecule has 0 heterocycles. The van der Waals surface area contributed by atoms with Gasteiger partial charge in [-0.25, -0.2) is 0 Å². The fraction of sp³-hybridized carbons (Fsp3) is 0.278. The van der Waals surface area contributed by atoms with Gasteiger partial charge >= 0.3 is 0 Å². The summed E-state index contributed by atoms with van der Waals surface area (Å²) < 4.78 is 10.7. The van der Waals surface area contributed by atoms with E-state index in [1.54, 1.807) is 25.3 Å². The van der Waals surface area contributed by atoms with Gasteiger partial charge in [0, 0.05) is 17.8 Å². The molecule has 0 spiro atoms. The lowest BCUT2D eigenvalue weighted by Gasteiger charge is -2.11. The fourth-order valence-corrected chi connectivity index (χ4v) is 2.19. The Kier molecular flexibility index (Phi) is 5.86. The average molecular weight is 314 g/mol. The van der Waals surface area contributed by atoms with Crippen LogP contribution in [0.15, 0.2) is 42.5 Å². The molecule has 5 nitrogen and oxygen atoms in total. The van der Waals surface area contributed by atoms with Gasteiger partial charge in [0.05, 0.1) is 13.7 Å². The Morgan fingerprint density at radius 2 is 1.87 bits per heavy atom. The number of carbonyl (C=O) groups excluding carboxylic acids is 1. The summed E-state index contributed by atoms with van der Waals surface area (Å²) in [4.78, 5) is 12.2. The third-order valence-corrected chi connectivity index (χ3v) is 3.40. The lowest BCUT2D eigenvalue weighted by atomic mass is 10.1. The SMILES string of the molecule is CCOc1ccc(C(=O)NCCc2ccc(N)cc2)cc1OC. The second-order valence-corrected chi connectivity index (χ2v) is 5.05. The summed E-state index contributed by atoms with van der Waals surface area (Å²) in [5.41, 5.74) is 8.06. The maximum atomic E-state index is 12.2. The molecule has 0 bridgehead atoms. The second kappa shape index (κ2) is 8.08. The van der Waals surface area contributed by atoms with E-state index in [-0.39, 0.29) is 5.91 Å². The first-order valence-electron chi connectivity index (χ1n) is 7.57. The normalized spacial score (nSPS) is 10.2. The Balaban J connectivity index is 1.93. The molecule has 2 aromatic carbocycles. The summed E-state index contributed by atoms with van der Waals surface area (Å²) in [6, 6.07) is 12.8. The van der Waals surface area contributed by atoms with Crippen molar-refractivity contribution in [3.05, 3.63) is 53.6 Å². The fourth-order valence-electron chi connectivity index (χ4n) is 2.19. The highest BCUT2D eigenvalue weighted by molar-refractivity contribution is 5.94. The lowest BCUT2D eigenvalue weighted by Crippen LogP contribution is -2.25. The van der Waals surface area contributed by atoms with Crippen molar-refractivity contribution in [3.8, 4) is 11.5 Å². The zero-order chi connectivity index (χ0) is 16.7. The zero-order valence-corrected chi connectivity index (χ0v) is 13.5. The van der Waals surface area contributed by atoms with E-state index in [1.807, 2.05) is 31.2 Å². The van der Waals surface area contributed by atoms with Gasteiger partial charge in [0.2, 0.25) is 0 Å². The molecule has 0 atom stereocenters. The van der Waals surface area contributed by atoms with Gasteiger partial charge in [-0.3, -0.25) is 4.79 Å². The van der Waals surface area contributed by atoms with Crippen LogP contribution < -0.4 is 20.5 Å². The van der Waals surface area contributed by atoms with Crippen LogP contribution in [-0.4, -0.2) is 26.2 Å². The number of methoxy groups -OCH3 is 1. The van der Waals surface area contributed by atoms with E-state index in [0.717, 1.165) is 17.7 Å². The molecule has 0 aliphatic heterocycles. The first kappa shape index (κ1) is 16.7. The van der Waals surface area contributed by atoms with Crippen LogP contribution in [-0.2, 0) is 6.42 Å². The molecule has 2 aromatic rings. The standard InChI is InChI=1S/C18H22N2O3/c1-3-23-16-9-6-14(12-17(16)22-2)18(21)20-11-10-13-4-7-15(19)8-5-13/h4-9,12H,3,10-11,19H2,1-2H3,(H,20,21). The van der Waals surface area contributed by atoms with Crippen LogP contribution in [0.5, 0.6) is 11.5 Å². The number of hydrogen-bond acceptors (Lipinski definition) is 4. The number of carbonyl (C=O) groups is 1. The van der Waals surface area contributed by atoms with E-state index >= 15 is 0 Å². The first-order valence-corrected chi connectivity index (χ1v) is 7.57. The van der Waals surface area contributed by atoms with E-state index in [9.17, 15) is 4.79 Å². The summed E-state index contributed by atoms with van der Waals surface area (Å²) in [5.74, 6) is 1.05. The molecule has 0 aliphatic rings. The van der Waals surface area contributed by atoms with Crippen molar-refractivity contribution in [1.29, 1.82) is 0 Å². The smallest absolute Gasteiger partial charge is 0.251 e. The number of nitrogens with two attached hydrogens (primary N) is 1. The number of nitrogen functional groups attached to an aromatic ring is 1. The predicted molar refractivity (Wildman–Crippen MR) is 91.1 cm³/mol. The number of nitrogens with one attached hydrogen (secondary N) is 1. The van der Waals surface area contributed by atoms with Crippen molar-refractivity contribution < 1.29 is 14.3 Å². The van der Waals surface area contributed by atoms with E-state index in [1.165, 1.54) is 0 Å². The van der Waals surface area contributed by atoms with Gasteiger partial charge in [0.25, 0.3) is 5.91 Å². The molecule has 0 saturated heterocycles. The van der Waals surface area contributed by atoms with Gasteiger partial charge in [-0.15, -0.1) is 0 Å². The van der Waals surface area contributed by atoms with E-state index in [4.69, 9.17) is 15.2 Å². The predicted octanol–water partition coefficient (Wildman–Crippen LogP) is 2.65. The first-order chi connectivity index (χ1) is 11.1. The van der Waals surface area contributed by atoms with Crippen LogP contribution >= 0.6 is 0 Å². The summed E-state index contributed by atoms with van der Waals surface area (Å²) >= 11 is 0. The molecule has 0 unspecified atom stereocenters. The van der Waals surface area contributed by atoms with Crippen LogP contribution in [0, 0.1) is 0 Å². The molecule has 5 heteroatoms. The molecule has 0 aliphatic carbocycles. The van der Waals surface area contributed by atoms with Crippen LogP contribution in [0.4, 0.5) is 5.69 Å². The van der Waals surface area contributed by atoms with Gasteiger partial charge in [0.15, 0.2) is 11.5 Å². The summed E-state index contributed by atoms with van der Waals surface area (Å²) in [6.45, 7) is 3.00. The maximum absolute atomic E-state index is 12.2. The van der Waals surface area contributed by atoms with Crippen molar-refractivity contribution in [2.24, 2.45) is 0 Å². The monoisotopic (exact) mass is 314 g/mol. The number of amides is 1. The Labute approximate surface area is 136 Å². The molecule has 0 fully saturated rings. The van der Waals surface area contributed by atoms with E-state index in [0.29, 0.717) is 30.2 Å². The number of rotatable bonds is 7. The van der Waals surface area contributed by atoms with Gasteiger partial charge in [-0.1, -0.05) is 12.1 Å². The molecule has 122 valence electrons. The molecule has 0 aromatic heterocycles. The number of anilines is 1. The average Bonchev–Trinajstić information content (AvgIpc) is 2.57. The topological polar surface area (TPSA) is 73.6 Å². The summed E-state index contributed by atoms with van der Waals surface area (Å²) in [6.07, 6.45) is 0.750. The molecular formula is C18H22N2O3. The zero-order valence-electron chi connectivity index (χ0n) is 13.5. The van der Waals surface area contributed by atoms with E-state index < -0.39 is 0 Å². The minimum Gasteiger partial charge on any atom is -0.493 e. The molecular weight excluding hydrogens is 292 g/mol. The third-order valence-electron chi connectivity index (χ3n) is 3.40. The highest BCUT2D eigenvalue weighted by atomic mass is 16.5. The van der Waals surface area contributed by atoms with Crippen LogP contribution in [0.25, 0.3) is 0 Å². The van der Waals surface area contributed by atoms with Crippen molar-refractivity contribution in [1.82, 2.24) is 5.32 Å². The van der Waals surface area contributed by atoms with Gasteiger partial charge in [0.1, 0.15) is 0 Å². The lowest BCUT2D eigenvalue weighted by molar-refractivity contribution is 0.0953. The van der Waals surface area contributed by atoms with Crippen molar-refractivity contribution in [2.75, 3.05) is 26.0 Å². The van der Waals surface area contributed by atoms with Gasteiger partial charge < -0.3 is 20.5 Å². The second-order valence-electron chi connectivity index (χ2n) is 5.05. The molecule has 0 radical (unpaired) electrons. The Hall–Kier alpha value is -2.69. The molecule has 3 N–H and O–H groups in total. The van der Waals surface area contributed by atoms with E-state index in [2.05, 4.69) is 5.32 Å². The minimum atomic E-state index is -0.137. The summed E-state index contributed by atoms with van der Waals surface area (Å²) in [7, 11) is 1.56. The van der Waals surface area contributed by atoms with Gasteiger partial charge in [-0.2, -0.15) is 0 Å². The largest absolute Gasteiger partial charge is 0.493 e. The summed E-state index contributed by atoms with van der Waals surface area (Å²) in [5, 5.41) is 2.90. The highest BCUT2D eigenvalue weighted by Crippen LogP contribution is 2.27. The van der Waals surface area contributed by atoms with Crippen molar-refractivity contribution in [3.63, 3.8) is 0 Å². The van der Waals surface area contributed by atoms with Crippen molar-refractivity contribution in [2.45, 2.75) is 13.3 Å². The number of benzene rings is 2. The third kappa shape index (κ3) is 4.64. The van der Waals surface area contributed by atoms with Crippen LogP contribution in [0.1, 0.15) is 22.8 Å². The minimum absolute atomic E-state index is 0.137. The Morgan fingerprint density at radius 1 is 1.13 bits per heavy atom. The molecule has 23 heavy (non-hydrogen) atoms. The van der Waals surface area contributed by atoms with Crippen LogP contribution in [0.3, 0.4) is 0 Å². The quantitative estimate of drug-likeness (QED) is 0.771. The highest BCUT2D eigenvalue weighted by Gasteiger charge is 2.10. The maximum Gasteiger partial charge on any atom is 0.251 e. The van der Waals surface area contributed by atoms with Crippen molar-refractivity contribution >= 4 is 11.6 Å². The number of hydrogen-bond donors (Lipinski definition) is 2.